The van der Waals surface area contributed by atoms with Crippen LogP contribution in [0.5, 0.6) is 0 Å². The van der Waals surface area contributed by atoms with E-state index in [1.54, 1.807) is 12.1 Å². The van der Waals surface area contributed by atoms with Crippen LogP contribution in [-0.2, 0) is 16.8 Å². The summed E-state index contributed by atoms with van der Waals surface area (Å²) in [6.07, 6.45) is 0. The molecular weight excluding hydrogens is 191 g/mol. The predicted molar refractivity (Wildman–Crippen MR) is 48.9 cm³/mol. The summed E-state index contributed by atoms with van der Waals surface area (Å²) in [4.78, 5) is 0. The summed E-state index contributed by atoms with van der Waals surface area (Å²) in [5.41, 5.74) is 0.971. The van der Waals surface area contributed by atoms with Crippen molar-refractivity contribution in [2.75, 3.05) is 0 Å². The fourth-order valence-corrected chi connectivity index (χ4v) is 1.39. The minimum atomic E-state index is -2.11. The number of benzene rings is 1. The lowest BCUT2D eigenvalue weighted by Crippen LogP contribution is -2.29. The molecule has 0 radical (unpaired) electrons. The van der Waals surface area contributed by atoms with Crippen LogP contribution in [0.4, 0.5) is 0 Å². The summed E-state index contributed by atoms with van der Waals surface area (Å²) in [7, 11) is -1.51. The van der Waals surface area contributed by atoms with E-state index in [4.69, 9.17) is 10.0 Å². The van der Waals surface area contributed by atoms with Crippen molar-refractivity contribution in [3.63, 3.8) is 0 Å². The van der Waals surface area contributed by atoms with Gasteiger partial charge in [-0.05, 0) is 11.0 Å². The molecule has 0 aliphatic rings. The van der Waals surface area contributed by atoms with E-state index in [0.717, 1.165) is 0 Å². The Morgan fingerprint density at radius 1 is 1.31 bits per heavy atom. The molecule has 0 heterocycles. The normalized spacial score (nSPS) is 12.5. The van der Waals surface area contributed by atoms with Gasteiger partial charge in [0.2, 0.25) is 0 Å². The van der Waals surface area contributed by atoms with Gasteiger partial charge < -0.3 is 14.6 Å². The van der Waals surface area contributed by atoms with Crippen molar-refractivity contribution in [1.82, 2.24) is 0 Å². The van der Waals surface area contributed by atoms with Crippen molar-refractivity contribution in [2.24, 2.45) is 0 Å². The van der Waals surface area contributed by atoms with Gasteiger partial charge in [0.05, 0.1) is 0 Å². The molecule has 0 spiro atoms. The van der Waals surface area contributed by atoms with Gasteiger partial charge in [0.25, 0.3) is 0 Å². The van der Waals surface area contributed by atoms with Crippen LogP contribution in [0.3, 0.4) is 0 Å². The highest BCUT2D eigenvalue weighted by Gasteiger charge is 2.09. The minimum Gasteiger partial charge on any atom is -0.772 e. The monoisotopic (exact) mass is 199 g/mol. The van der Waals surface area contributed by atoms with Crippen molar-refractivity contribution in [1.29, 1.82) is 0 Å². The largest absolute Gasteiger partial charge is 0.772 e. The highest BCUT2D eigenvalue weighted by atomic mass is 32.2. The maximum absolute atomic E-state index is 10.3. The Labute approximate surface area is 78.7 Å². The zero-order valence-corrected chi connectivity index (χ0v) is 7.53. The molecule has 1 unspecified atom stereocenters. The molecule has 0 amide bonds. The lowest BCUT2D eigenvalue weighted by molar-refractivity contribution is 0.426. The lowest BCUT2D eigenvalue weighted by Gasteiger charge is -2.05. The van der Waals surface area contributed by atoms with E-state index in [9.17, 15) is 8.76 Å². The first-order valence-electron chi connectivity index (χ1n) is 3.60. The minimum absolute atomic E-state index is 0.0538. The third-order valence-corrected chi connectivity index (χ3v) is 2.13. The molecule has 13 heavy (non-hydrogen) atoms. The van der Waals surface area contributed by atoms with E-state index in [2.05, 4.69) is 0 Å². The highest BCUT2D eigenvalue weighted by Crippen LogP contribution is 2.00. The third-order valence-electron chi connectivity index (χ3n) is 1.56. The first-order chi connectivity index (χ1) is 6.09. The second-order valence-electron chi connectivity index (χ2n) is 2.56. The second kappa shape index (κ2) is 4.52. The van der Waals surface area contributed by atoms with Crippen molar-refractivity contribution in [3.8, 4) is 0 Å². The van der Waals surface area contributed by atoms with Gasteiger partial charge in [0.15, 0.2) is 0 Å². The maximum atomic E-state index is 10.3. The van der Waals surface area contributed by atoms with Crippen LogP contribution >= 0.6 is 0 Å². The second-order valence-corrected chi connectivity index (χ2v) is 3.46. The topological polar surface area (TPSA) is 80.6 Å². The fourth-order valence-electron chi connectivity index (χ4n) is 0.922. The number of rotatable bonds is 3. The van der Waals surface area contributed by atoms with Gasteiger partial charge >= 0.3 is 7.12 Å². The Morgan fingerprint density at radius 2 is 1.85 bits per heavy atom. The van der Waals surface area contributed by atoms with E-state index in [1.807, 2.05) is 0 Å². The van der Waals surface area contributed by atoms with Crippen molar-refractivity contribution >= 4 is 23.7 Å². The molecule has 0 aliphatic heterocycles. The average molecular weight is 199 g/mol. The molecule has 0 aromatic heterocycles. The van der Waals surface area contributed by atoms with Crippen LogP contribution in [0.15, 0.2) is 24.3 Å². The van der Waals surface area contributed by atoms with Crippen molar-refractivity contribution in [2.45, 2.75) is 5.75 Å². The Hall–Kier alpha value is -0.685. The van der Waals surface area contributed by atoms with Gasteiger partial charge in [-0.15, -0.1) is 0 Å². The summed E-state index contributed by atoms with van der Waals surface area (Å²) in [5.74, 6) is -0.0538. The van der Waals surface area contributed by atoms with Crippen molar-refractivity contribution in [3.05, 3.63) is 29.8 Å². The Morgan fingerprint density at radius 3 is 2.23 bits per heavy atom. The van der Waals surface area contributed by atoms with Gasteiger partial charge in [-0.25, -0.2) is 0 Å². The van der Waals surface area contributed by atoms with Gasteiger partial charge in [-0.3, -0.25) is 4.21 Å². The molecule has 1 rings (SSSR count). The van der Waals surface area contributed by atoms with Crippen LogP contribution in [0.1, 0.15) is 5.56 Å². The molecule has 4 nitrogen and oxygen atoms in total. The van der Waals surface area contributed by atoms with Gasteiger partial charge in [-0.2, -0.15) is 0 Å². The van der Waals surface area contributed by atoms with E-state index < -0.39 is 18.2 Å². The molecule has 1 atom stereocenters. The van der Waals surface area contributed by atoms with Gasteiger partial charge in [0, 0.05) is 5.75 Å². The molecule has 0 saturated carbocycles. The van der Waals surface area contributed by atoms with E-state index in [-0.39, 0.29) is 5.75 Å². The van der Waals surface area contributed by atoms with Crippen LogP contribution < -0.4 is 5.46 Å². The predicted octanol–water partition coefficient (Wildman–Crippen LogP) is -1.25. The number of hydrogen-bond acceptors (Lipinski definition) is 4. The molecule has 0 saturated heterocycles. The smallest absolute Gasteiger partial charge is 0.488 e. The van der Waals surface area contributed by atoms with Crippen LogP contribution in [0.2, 0.25) is 0 Å². The van der Waals surface area contributed by atoms with E-state index >= 15 is 0 Å². The quantitative estimate of drug-likeness (QED) is 0.470. The SMILES string of the molecule is O=S([O-])Cc1ccc(B(O)O)cc1. The highest BCUT2D eigenvalue weighted by molar-refractivity contribution is 7.78. The van der Waals surface area contributed by atoms with E-state index in [1.165, 1.54) is 12.1 Å². The molecule has 2 N–H and O–H groups in total. The molecule has 70 valence electrons. The molecule has 1 aromatic rings. The average Bonchev–Trinajstić information content (AvgIpc) is 2.04. The molecule has 0 bridgehead atoms. The Bertz CT molecular complexity index is 298. The standard InChI is InChI=1S/C7H9BO4S/c9-8(10)7-3-1-6(2-4-7)5-13(11)12/h1-4,9-10H,5H2,(H,11,12)/p-1. The first-order valence-corrected chi connectivity index (χ1v) is 4.85. The van der Waals surface area contributed by atoms with Gasteiger partial charge in [0.1, 0.15) is 0 Å². The molecular formula is C7H8BO4S-. The summed E-state index contributed by atoms with van der Waals surface area (Å²) in [6.45, 7) is 0. The molecule has 0 aliphatic carbocycles. The fraction of sp³-hybridized carbons (Fsp3) is 0.143. The molecule has 0 fully saturated rings. The Kier molecular flexibility index (Phi) is 3.62. The third kappa shape index (κ3) is 3.27. The number of hydrogen-bond donors (Lipinski definition) is 2. The summed E-state index contributed by atoms with van der Waals surface area (Å²) >= 11 is -2.11. The van der Waals surface area contributed by atoms with E-state index in [0.29, 0.717) is 11.0 Å². The first kappa shape index (κ1) is 10.4. The van der Waals surface area contributed by atoms with Crippen molar-refractivity contribution < 1.29 is 18.8 Å². The zero-order chi connectivity index (χ0) is 9.84. The summed E-state index contributed by atoms with van der Waals surface area (Å²) in [6, 6.07) is 6.05. The Balaban J connectivity index is 2.75. The van der Waals surface area contributed by atoms with Gasteiger partial charge in [-0.1, -0.05) is 35.3 Å². The molecule has 6 heteroatoms. The maximum Gasteiger partial charge on any atom is 0.488 e. The lowest BCUT2D eigenvalue weighted by atomic mass is 9.80. The summed E-state index contributed by atoms with van der Waals surface area (Å²) < 4.78 is 20.6. The van der Waals surface area contributed by atoms with Crippen LogP contribution in [0, 0.1) is 0 Å². The van der Waals surface area contributed by atoms with Crippen LogP contribution in [0.25, 0.3) is 0 Å². The molecule has 1 aromatic carbocycles. The van der Waals surface area contributed by atoms with Crippen LogP contribution in [-0.4, -0.2) is 25.9 Å². The summed E-state index contributed by atoms with van der Waals surface area (Å²) in [5, 5.41) is 17.5. The zero-order valence-electron chi connectivity index (χ0n) is 6.71.